The first-order valence-corrected chi connectivity index (χ1v) is 8.23. The van der Waals surface area contributed by atoms with Crippen LogP contribution in [0.4, 0.5) is 0 Å². The first-order chi connectivity index (χ1) is 10.1. The lowest BCUT2D eigenvalue weighted by molar-refractivity contribution is 0.902. The highest BCUT2D eigenvalue weighted by atomic mass is 79.9. The van der Waals surface area contributed by atoms with Crippen molar-refractivity contribution < 1.29 is 0 Å². The van der Waals surface area contributed by atoms with Crippen LogP contribution in [0.25, 0.3) is 16.9 Å². The number of benzene rings is 1. The van der Waals surface area contributed by atoms with Gasteiger partial charge in [0.15, 0.2) is 5.65 Å². The van der Waals surface area contributed by atoms with Gasteiger partial charge in [-0.05, 0) is 40.2 Å². The minimum Gasteiger partial charge on any atom is -0.280 e. The van der Waals surface area contributed by atoms with E-state index < -0.39 is 0 Å². The second-order valence-electron chi connectivity index (χ2n) is 4.39. The van der Waals surface area contributed by atoms with Crippen molar-refractivity contribution in [3.63, 3.8) is 0 Å². The summed E-state index contributed by atoms with van der Waals surface area (Å²) in [7, 11) is 0. The second kappa shape index (κ2) is 6.13. The molecule has 0 saturated carbocycles. The van der Waals surface area contributed by atoms with Crippen LogP contribution >= 0.6 is 50.7 Å². The zero-order valence-electron chi connectivity index (χ0n) is 10.7. The average molecular weight is 406 g/mol. The van der Waals surface area contributed by atoms with Gasteiger partial charge in [-0.25, -0.2) is 9.97 Å². The third-order valence-electron chi connectivity index (χ3n) is 3.00. The monoisotopic (exact) mass is 403 g/mol. The van der Waals surface area contributed by atoms with Gasteiger partial charge >= 0.3 is 0 Å². The topological polar surface area (TPSA) is 30.7 Å². The molecule has 3 aromatic rings. The molecule has 0 saturated heterocycles. The quantitative estimate of drug-likeness (QED) is 0.556. The molecule has 0 aliphatic carbocycles. The summed E-state index contributed by atoms with van der Waals surface area (Å²) in [5.74, 6) is 1.31. The molecule has 2 heterocycles. The number of nitrogens with zero attached hydrogens (tertiary/aromatic N) is 3. The van der Waals surface area contributed by atoms with E-state index in [0.717, 1.165) is 27.1 Å². The van der Waals surface area contributed by atoms with Crippen LogP contribution in [0.3, 0.4) is 0 Å². The maximum absolute atomic E-state index is 6.01. The van der Waals surface area contributed by atoms with Crippen LogP contribution < -0.4 is 0 Å². The number of hydrogen-bond acceptors (Lipinski definition) is 2. The predicted octanol–water partition coefficient (Wildman–Crippen LogP) is 5.27. The largest absolute Gasteiger partial charge is 0.280 e. The standard InChI is InChI=1S/C14H9BrCl3N3/c15-10-5-8(17)1-2-12(10)21-13(3-4-16)20-11-6-9(18)7-19-14(11)21/h1-2,5-7H,3-4H2. The van der Waals surface area contributed by atoms with Crippen molar-refractivity contribution in [3.05, 3.63) is 50.8 Å². The van der Waals surface area contributed by atoms with Crippen molar-refractivity contribution in [2.45, 2.75) is 6.42 Å². The van der Waals surface area contributed by atoms with E-state index in [2.05, 4.69) is 25.9 Å². The molecule has 3 nitrogen and oxygen atoms in total. The number of hydrogen-bond donors (Lipinski definition) is 0. The van der Waals surface area contributed by atoms with Crippen LogP contribution in [0.5, 0.6) is 0 Å². The zero-order chi connectivity index (χ0) is 15.0. The minimum atomic E-state index is 0.474. The minimum absolute atomic E-state index is 0.474. The Hall–Kier alpha value is -0.810. The first kappa shape index (κ1) is 15.1. The summed E-state index contributed by atoms with van der Waals surface area (Å²) in [5, 5.41) is 1.21. The summed E-state index contributed by atoms with van der Waals surface area (Å²) < 4.78 is 2.83. The van der Waals surface area contributed by atoms with E-state index in [1.807, 2.05) is 22.8 Å². The molecule has 0 aliphatic heterocycles. The van der Waals surface area contributed by atoms with E-state index in [1.54, 1.807) is 12.3 Å². The van der Waals surface area contributed by atoms with Crippen LogP contribution in [0.2, 0.25) is 10.0 Å². The number of aryl methyl sites for hydroxylation is 1. The van der Waals surface area contributed by atoms with E-state index >= 15 is 0 Å². The van der Waals surface area contributed by atoms with Crippen molar-refractivity contribution in [1.82, 2.24) is 14.5 Å². The van der Waals surface area contributed by atoms with E-state index in [9.17, 15) is 0 Å². The van der Waals surface area contributed by atoms with E-state index in [1.165, 1.54) is 0 Å². The lowest BCUT2D eigenvalue weighted by atomic mass is 10.3. The van der Waals surface area contributed by atoms with Gasteiger partial charge in [-0.15, -0.1) is 11.6 Å². The van der Waals surface area contributed by atoms with E-state index in [0.29, 0.717) is 22.3 Å². The maximum Gasteiger partial charge on any atom is 0.164 e. The molecular formula is C14H9BrCl3N3. The highest BCUT2D eigenvalue weighted by molar-refractivity contribution is 9.10. The molecule has 0 N–H and O–H groups in total. The Balaban J connectivity index is 2.30. The van der Waals surface area contributed by atoms with Crippen molar-refractivity contribution in [1.29, 1.82) is 0 Å². The molecule has 0 amide bonds. The summed E-state index contributed by atoms with van der Waals surface area (Å²) >= 11 is 21.4. The highest BCUT2D eigenvalue weighted by Gasteiger charge is 2.15. The number of fused-ring (bicyclic) bond motifs is 1. The molecule has 108 valence electrons. The smallest absolute Gasteiger partial charge is 0.164 e. The number of imidazole rings is 1. The van der Waals surface area contributed by atoms with Crippen molar-refractivity contribution in [2.75, 3.05) is 5.88 Å². The SMILES string of the molecule is ClCCc1nc2cc(Cl)cnc2n1-c1ccc(Cl)cc1Br. The molecule has 0 unspecified atom stereocenters. The van der Waals surface area contributed by atoms with Crippen LogP contribution in [0.1, 0.15) is 5.82 Å². The van der Waals surface area contributed by atoms with Gasteiger partial charge in [0.1, 0.15) is 11.3 Å². The molecule has 0 radical (unpaired) electrons. The molecule has 0 atom stereocenters. The zero-order valence-corrected chi connectivity index (χ0v) is 14.5. The Morgan fingerprint density at radius 1 is 1.14 bits per heavy atom. The molecule has 3 rings (SSSR count). The van der Waals surface area contributed by atoms with Gasteiger partial charge < -0.3 is 0 Å². The Morgan fingerprint density at radius 3 is 2.67 bits per heavy atom. The summed E-state index contributed by atoms with van der Waals surface area (Å²) in [5.41, 5.74) is 2.39. The number of pyridine rings is 1. The normalized spacial score (nSPS) is 11.2. The van der Waals surface area contributed by atoms with Gasteiger partial charge in [-0.2, -0.15) is 0 Å². The molecule has 2 aromatic heterocycles. The third kappa shape index (κ3) is 2.90. The van der Waals surface area contributed by atoms with Gasteiger partial charge in [0, 0.05) is 28.0 Å². The fourth-order valence-corrected chi connectivity index (χ4v) is 3.34. The number of alkyl halides is 1. The van der Waals surface area contributed by atoms with Crippen molar-refractivity contribution in [3.8, 4) is 5.69 Å². The Labute approximate surface area is 145 Å². The summed E-state index contributed by atoms with van der Waals surface area (Å²) in [6.07, 6.45) is 2.24. The maximum atomic E-state index is 6.01. The molecular weight excluding hydrogens is 396 g/mol. The van der Waals surface area contributed by atoms with Crippen LogP contribution in [-0.4, -0.2) is 20.4 Å². The Kier molecular flexibility index (Phi) is 4.41. The van der Waals surface area contributed by atoms with Crippen LogP contribution in [-0.2, 0) is 6.42 Å². The van der Waals surface area contributed by atoms with Crippen LogP contribution in [0, 0.1) is 0 Å². The molecule has 21 heavy (non-hydrogen) atoms. The summed E-state index contributed by atoms with van der Waals surface area (Å²) in [4.78, 5) is 8.98. The molecule has 0 fully saturated rings. The molecule has 1 aromatic carbocycles. The van der Waals surface area contributed by atoms with Crippen molar-refractivity contribution >= 4 is 61.9 Å². The summed E-state index contributed by atoms with van der Waals surface area (Å²) in [6.45, 7) is 0. The number of halogens is 4. The van der Waals surface area contributed by atoms with Crippen LogP contribution in [0.15, 0.2) is 34.9 Å². The molecule has 0 bridgehead atoms. The molecule has 7 heteroatoms. The van der Waals surface area contributed by atoms with E-state index in [-0.39, 0.29) is 0 Å². The average Bonchev–Trinajstić information content (AvgIpc) is 2.76. The fourth-order valence-electron chi connectivity index (χ4n) is 2.16. The van der Waals surface area contributed by atoms with Crippen molar-refractivity contribution in [2.24, 2.45) is 0 Å². The Morgan fingerprint density at radius 2 is 1.95 bits per heavy atom. The third-order valence-corrected chi connectivity index (χ3v) is 4.27. The fraction of sp³-hybridized carbons (Fsp3) is 0.143. The van der Waals surface area contributed by atoms with Gasteiger partial charge in [-0.3, -0.25) is 4.57 Å². The molecule has 0 spiro atoms. The summed E-state index contributed by atoms with van der Waals surface area (Å²) in [6, 6.07) is 7.38. The Bertz CT molecular complexity index is 817. The van der Waals surface area contributed by atoms with Gasteiger partial charge in [0.05, 0.1) is 10.7 Å². The lowest BCUT2D eigenvalue weighted by Crippen LogP contribution is -2.03. The van der Waals surface area contributed by atoms with Gasteiger partial charge in [0.25, 0.3) is 0 Å². The molecule has 0 aliphatic rings. The van der Waals surface area contributed by atoms with Gasteiger partial charge in [-0.1, -0.05) is 23.2 Å². The van der Waals surface area contributed by atoms with Gasteiger partial charge in [0.2, 0.25) is 0 Å². The lowest BCUT2D eigenvalue weighted by Gasteiger charge is -2.10. The first-order valence-electron chi connectivity index (χ1n) is 6.14. The highest BCUT2D eigenvalue weighted by Crippen LogP contribution is 2.29. The second-order valence-corrected chi connectivity index (χ2v) is 6.50. The predicted molar refractivity (Wildman–Crippen MR) is 91.0 cm³/mol. The number of rotatable bonds is 3. The number of aromatic nitrogens is 3. The van der Waals surface area contributed by atoms with E-state index in [4.69, 9.17) is 34.8 Å².